The summed E-state index contributed by atoms with van der Waals surface area (Å²) in [5.41, 5.74) is 0. The minimum atomic E-state index is -3.04. The molecule has 2 aliphatic rings. The molecule has 2 rings (SSSR count). The van der Waals surface area contributed by atoms with Crippen molar-refractivity contribution in [3.8, 4) is 0 Å². The highest BCUT2D eigenvalue weighted by Crippen LogP contribution is 2.50. The molecule has 3 nitrogen and oxygen atoms in total. The fourth-order valence-electron chi connectivity index (χ4n) is 4.09. The highest BCUT2D eigenvalue weighted by Gasteiger charge is 2.44. The second kappa shape index (κ2) is 5.36. The van der Waals surface area contributed by atoms with E-state index in [1.54, 1.807) is 0 Å². The molecule has 2 aliphatic carbocycles. The third kappa shape index (κ3) is 2.99. The molecule has 112 valence electrons. The van der Waals surface area contributed by atoms with E-state index in [1.165, 1.54) is 31.9 Å². The lowest BCUT2D eigenvalue weighted by molar-refractivity contribution is 0.257. The van der Waals surface area contributed by atoms with Crippen LogP contribution in [0.4, 0.5) is 0 Å². The van der Waals surface area contributed by atoms with Crippen LogP contribution < -0.4 is 5.32 Å². The first-order valence-electron chi connectivity index (χ1n) is 7.68. The first-order valence-corrected chi connectivity index (χ1v) is 9.57. The van der Waals surface area contributed by atoms with Gasteiger partial charge in [-0.1, -0.05) is 13.3 Å². The molecule has 0 aromatic heterocycles. The van der Waals surface area contributed by atoms with Gasteiger partial charge in [0.05, 0.1) is 4.75 Å². The first-order chi connectivity index (χ1) is 8.75. The molecule has 0 aromatic carbocycles. The Morgan fingerprint density at radius 2 is 1.95 bits per heavy atom. The number of sulfone groups is 1. The Kier molecular flexibility index (Phi) is 4.32. The highest BCUT2D eigenvalue weighted by atomic mass is 32.2. The van der Waals surface area contributed by atoms with E-state index in [4.69, 9.17) is 0 Å². The summed E-state index contributed by atoms with van der Waals surface area (Å²) in [5.74, 6) is 2.53. The topological polar surface area (TPSA) is 46.2 Å². The monoisotopic (exact) mass is 287 g/mol. The van der Waals surface area contributed by atoms with Crippen LogP contribution in [-0.4, -0.2) is 32.0 Å². The Labute approximate surface area is 118 Å². The number of rotatable bonds is 6. The largest absolute Gasteiger partial charge is 0.313 e. The van der Waals surface area contributed by atoms with E-state index in [0.29, 0.717) is 0 Å². The molecule has 0 saturated heterocycles. The molecule has 0 radical (unpaired) electrons. The van der Waals surface area contributed by atoms with E-state index in [9.17, 15) is 8.42 Å². The van der Waals surface area contributed by atoms with Crippen LogP contribution in [-0.2, 0) is 9.84 Å². The average molecular weight is 287 g/mol. The predicted octanol–water partition coefficient (Wildman–Crippen LogP) is 2.61. The molecule has 2 saturated carbocycles. The number of fused-ring (bicyclic) bond motifs is 2. The molecule has 4 atom stereocenters. The van der Waals surface area contributed by atoms with Crippen LogP contribution in [0.15, 0.2) is 0 Å². The lowest BCUT2D eigenvalue weighted by Gasteiger charge is -2.36. The van der Waals surface area contributed by atoms with Crippen LogP contribution in [0, 0.1) is 17.8 Å². The van der Waals surface area contributed by atoms with Crippen LogP contribution in [0.5, 0.6) is 0 Å². The smallest absolute Gasteiger partial charge is 0.154 e. The van der Waals surface area contributed by atoms with Crippen LogP contribution in [0.1, 0.15) is 52.9 Å². The van der Waals surface area contributed by atoms with Crippen LogP contribution in [0.3, 0.4) is 0 Å². The molecule has 0 amide bonds. The third-order valence-corrected chi connectivity index (χ3v) is 7.86. The molecule has 0 aromatic rings. The maximum Gasteiger partial charge on any atom is 0.154 e. The van der Waals surface area contributed by atoms with Crippen molar-refractivity contribution < 1.29 is 8.42 Å². The summed E-state index contributed by atoms with van der Waals surface area (Å²) in [5, 5.41) is 3.44. The van der Waals surface area contributed by atoms with Crippen LogP contribution in [0.2, 0.25) is 0 Å². The molecular formula is C15H29NO2S. The lowest BCUT2D eigenvalue weighted by atomic mass is 9.81. The number of nitrogens with one attached hydrogen (secondary N) is 1. The van der Waals surface area contributed by atoms with Gasteiger partial charge in [0.15, 0.2) is 9.84 Å². The number of hydrogen-bond donors (Lipinski definition) is 1. The Morgan fingerprint density at radius 1 is 1.26 bits per heavy atom. The summed E-state index contributed by atoms with van der Waals surface area (Å²) in [6, 6.07) is 0.0804. The van der Waals surface area contributed by atoms with Gasteiger partial charge in [0, 0.05) is 12.3 Å². The van der Waals surface area contributed by atoms with Gasteiger partial charge in [0.25, 0.3) is 0 Å². The minimum Gasteiger partial charge on any atom is -0.313 e. The molecule has 19 heavy (non-hydrogen) atoms. The van der Waals surface area contributed by atoms with Crippen molar-refractivity contribution in [1.29, 1.82) is 0 Å². The van der Waals surface area contributed by atoms with Gasteiger partial charge in [-0.05, 0) is 63.8 Å². The van der Waals surface area contributed by atoms with Crippen molar-refractivity contribution in [3.63, 3.8) is 0 Å². The van der Waals surface area contributed by atoms with Crippen molar-refractivity contribution in [3.05, 3.63) is 0 Å². The molecule has 4 heteroatoms. The van der Waals surface area contributed by atoms with Gasteiger partial charge in [-0.2, -0.15) is 0 Å². The standard InChI is InChI=1S/C15H29NO2S/c1-5-16-14(15(2,3)19(4,17)18)10-13-9-11-6-7-12(13)8-11/h11-14,16H,5-10H2,1-4H3. The molecule has 2 fully saturated rings. The zero-order valence-electron chi connectivity index (χ0n) is 12.8. The quantitative estimate of drug-likeness (QED) is 0.817. The van der Waals surface area contributed by atoms with Gasteiger partial charge in [-0.3, -0.25) is 0 Å². The van der Waals surface area contributed by atoms with E-state index in [-0.39, 0.29) is 6.04 Å². The molecule has 0 aliphatic heterocycles. The van der Waals surface area contributed by atoms with Crippen molar-refractivity contribution in [2.45, 2.75) is 63.7 Å². The van der Waals surface area contributed by atoms with Crippen molar-refractivity contribution in [2.24, 2.45) is 17.8 Å². The van der Waals surface area contributed by atoms with Crippen molar-refractivity contribution in [1.82, 2.24) is 5.32 Å². The first kappa shape index (κ1) is 15.3. The normalized spacial score (nSPS) is 32.7. The predicted molar refractivity (Wildman–Crippen MR) is 79.9 cm³/mol. The maximum atomic E-state index is 12.1. The third-order valence-electron chi connectivity index (χ3n) is 5.67. The Balaban J connectivity index is 2.08. The van der Waals surface area contributed by atoms with Gasteiger partial charge in [-0.25, -0.2) is 8.42 Å². The van der Waals surface area contributed by atoms with Gasteiger partial charge in [-0.15, -0.1) is 0 Å². The molecular weight excluding hydrogens is 258 g/mol. The molecule has 1 N–H and O–H groups in total. The SMILES string of the molecule is CCNC(CC1CC2CCC1C2)C(C)(C)S(C)(=O)=O. The van der Waals surface area contributed by atoms with Gasteiger partial charge < -0.3 is 5.32 Å². The summed E-state index contributed by atoms with van der Waals surface area (Å²) in [6.07, 6.45) is 7.89. The second-order valence-corrected chi connectivity index (χ2v) is 9.75. The van der Waals surface area contributed by atoms with Crippen LogP contribution >= 0.6 is 0 Å². The van der Waals surface area contributed by atoms with Gasteiger partial charge in [0.2, 0.25) is 0 Å². The molecule has 0 heterocycles. The average Bonchev–Trinajstić information content (AvgIpc) is 2.88. The summed E-state index contributed by atoms with van der Waals surface area (Å²) in [6.45, 7) is 6.66. The molecule has 4 unspecified atom stereocenters. The maximum absolute atomic E-state index is 12.1. The van der Waals surface area contributed by atoms with Crippen LogP contribution in [0.25, 0.3) is 0 Å². The summed E-state index contributed by atoms with van der Waals surface area (Å²) >= 11 is 0. The van der Waals surface area contributed by atoms with E-state index in [0.717, 1.165) is 30.7 Å². The Bertz CT molecular complexity index is 416. The second-order valence-electron chi connectivity index (χ2n) is 7.16. The summed E-state index contributed by atoms with van der Waals surface area (Å²) < 4.78 is 23.5. The van der Waals surface area contributed by atoms with Gasteiger partial charge in [0.1, 0.15) is 0 Å². The fraction of sp³-hybridized carbons (Fsp3) is 1.00. The Hall–Kier alpha value is -0.0900. The van der Waals surface area contributed by atoms with E-state index in [2.05, 4.69) is 12.2 Å². The zero-order chi connectivity index (χ0) is 14.3. The molecule has 0 spiro atoms. The van der Waals surface area contributed by atoms with E-state index in [1.807, 2.05) is 13.8 Å². The van der Waals surface area contributed by atoms with E-state index < -0.39 is 14.6 Å². The minimum absolute atomic E-state index is 0.0804. The van der Waals surface area contributed by atoms with Gasteiger partial charge >= 0.3 is 0 Å². The fourth-order valence-corrected chi connectivity index (χ4v) is 4.78. The number of hydrogen-bond acceptors (Lipinski definition) is 3. The molecule has 2 bridgehead atoms. The van der Waals surface area contributed by atoms with E-state index >= 15 is 0 Å². The lowest BCUT2D eigenvalue weighted by Crippen LogP contribution is -2.52. The summed E-state index contributed by atoms with van der Waals surface area (Å²) in [4.78, 5) is 0. The van der Waals surface area contributed by atoms with Crippen molar-refractivity contribution >= 4 is 9.84 Å². The van der Waals surface area contributed by atoms with Crippen molar-refractivity contribution in [2.75, 3.05) is 12.8 Å². The zero-order valence-corrected chi connectivity index (χ0v) is 13.6. The summed E-state index contributed by atoms with van der Waals surface area (Å²) in [7, 11) is -3.04. The highest BCUT2D eigenvalue weighted by molar-refractivity contribution is 7.92. The Morgan fingerprint density at radius 3 is 2.37 bits per heavy atom.